The minimum absolute atomic E-state index is 0.0817. The Labute approximate surface area is 110 Å². The molecule has 92 valence electrons. The van der Waals surface area contributed by atoms with Gasteiger partial charge in [0.1, 0.15) is 5.75 Å². The smallest absolute Gasteiger partial charge is 0.263 e. The molecule has 2 rings (SSSR count). The highest BCUT2D eigenvalue weighted by Gasteiger charge is 2.24. The maximum Gasteiger partial charge on any atom is 0.263 e. The summed E-state index contributed by atoms with van der Waals surface area (Å²) in [6.45, 7) is 3.53. The Bertz CT molecular complexity index is 402. The molecule has 1 aliphatic rings. The van der Waals surface area contributed by atoms with Crippen molar-refractivity contribution in [3.8, 4) is 5.75 Å². The molecule has 1 fully saturated rings. The quantitative estimate of drug-likeness (QED) is 0.859. The number of amides is 1. The lowest BCUT2D eigenvalue weighted by atomic mass is 10.3. The molecule has 0 N–H and O–H groups in total. The van der Waals surface area contributed by atoms with E-state index in [1.165, 1.54) is 0 Å². The van der Waals surface area contributed by atoms with Crippen LogP contribution in [0.15, 0.2) is 28.7 Å². The zero-order chi connectivity index (χ0) is 12.3. The number of hydrogen-bond acceptors (Lipinski definition) is 2. The number of rotatable bonds is 3. The summed E-state index contributed by atoms with van der Waals surface area (Å²) in [4.78, 5) is 13.9. The highest BCUT2D eigenvalue weighted by molar-refractivity contribution is 9.10. The maximum absolute atomic E-state index is 12.0. The molecule has 0 unspecified atom stereocenters. The number of nitrogens with zero attached hydrogens (tertiary/aromatic N) is 1. The summed E-state index contributed by atoms with van der Waals surface area (Å²) < 4.78 is 6.56. The topological polar surface area (TPSA) is 29.5 Å². The van der Waals surface area contributed by atoms with Crippen LogP contribution in [0.2, 0.25) is 0 Å². The fourth-order valence-corrected chi connectivity index (χ4v) is 2.35. The number of carbonyl (C=O) groups is 1. The van der Waals surface area contributed by atoms with Gasteiger partial charge in [0.2, 0.25) is 0 Å². The number of ether oxygens (including phenoxy) is 1. The van der Waals surface area contributed by atoms with Crippen LogP contribution in [0.5, 0.6) is 5.75 Å². The van der Waals surface area contributed by atoms with E-state index in [1.54, 1.807) is 6.92 Å². The van der Waals surface area contributed by atoms with E-state index in [4.69, 9.17) is 4.74 Å². The molecule has 1 amide bonds. The molecule has 0 aliphatic carbocycles. The molecule has 0 spiro atoms. The van der Waals surface area contributed by atoms with Crippen LogP contribution in [0, 0.1) is 0 Å². The fraction of sp³-hybridized carbons (Fsp3) is 0.462. The van der Waals surface area contributed by atoms with Crippen molar-refractivity contribution in [3.05, 3.63) is 28.7 Å². The zero-order valence-electron chi connectivity index (χ0n) is 9.86. The molecule has 0 radical (unpaired) electrons. The molecule has 1 aliphatic heterocycles. The first-order valence-corrected chi connectivity index (χ1v) is 6.68. The van der Waals surface area contributed by atoms with Gasteiger partial charge in [0.15, 0.2) is 6.10 Å². The van der Waals surface area contributed by atoms with Gasteiger partial charge in [-0.3, -0.25) is 4.79 Å². The molecule has 17 heavy (non-hydrogen) atoms. The summed E-state index contributed by atoms with van der Waals surface area (Å²) in [7, 11) is 0. The van der Waals surface area contributed by atoms with Crippen molar-refractivity contribution < 1.29 is 9.53 Å². The summed E-state index contributed by atoms with van der Waals surface area (Å²) in [5.74, 6) is 0.797. The molecule has 1 heterocycles. The Morgan fingerprint density at radius 3 is 2.65 bits per heavy atom. The first-order chi connectivity index (χ1) is 8.18. The summed E-state index contributed by atoms with van der Waals surface area (Å²) in [6, 6.07) is 7.58. The molecule has 0 saturated carbocycles. The Morgan fingerprint density at radius 1 is 1.35 bits per heavy atom. The van der Waals surface area contributed by atoms with Crippen molar-refractivity contribution in [2.24, 2.45) is 0 Å². The van der Waals surface area contributed by atoms with Gasteiger partial charge in [-0.15, -0.1) is 0 Å². The lowest BCUT2D eigenvalue weighted by Gasteiger charge is -2.21. The highest BCUT2D eigenvalue weighted by atomic mass is 79.9. The zero-order valence-corrected chi connectivity index (χ0v) is 11.4. The summed E-state index contributed by atoms with van der Waals surface area (Å²) in [6.07, 6.45) is 1.79. The predicted molar refractivity (Wildman–Crippen MR) is 70.0 cm³/mol. The Hall–Kier alpha value is -1.03. The van der Waals surface area contributed by atoms with E-state index in [0.29, 0.717) is 5.75 Å². The predicted octanol–water partition coefficient (Wildman–Crippen LogP) is 2.84. The van der Waals surface area contributed by atoms with Crippen molar-refractivity contribution >= 4 is 21.8 Å². The molecule has 1 saturated heterocycles. The average molecular weight is 298 g/mol. The molecule has 1 aromatic rings. The third-order valence-electron chi connectivity index (χ3n) is 2.91. The van der Waals surface area contributed by atoms with Gasteiger partial charge in [-0.1, -0.05) is 12.1 Å². The molecule has 0 bridgehead atoms. The number of carbonyl (C=O) groups excluding carboxylic acids is 1. The monoisotopic (exact) mass is 297 g/mol. The van der Waals surface area contributed by atoms with Crippen molar-refractivity contribution in [2.45, 2.75) is 25.9 Å². The van der Waals surface area contributed by atoms with Gasteiger partial charge in [0.25, 0.3) is 5.91 Å². The van der Waals surface area contributed by atoms with Gasteiger partial charge in [-0.25, -0.2) is 0 Å². The van der Waals surface area contributed by atoms with E-state index in [9.17, 15) is 4.79 Å². The van der Waals surface area contributed by atoms with E-state index in [0.717, 1.165) is 30.4 Å². The lowest BCUT2D eigenvalue weighted by molar-refractivity contribution is -0.136. The second kappa shape index (κ2) is 5.54. The standard InChI is InChI=1S/C13H16BrNO2/c1-10(13(16)15-8-4-5-9-15)17-12-7-3-2-6-11(12)14/h2-3,6-7,10H,4-5,8-9H2,1H3/t10-/m1/s1. The molecule has 1 aromatic carbocycles. The molecule has 4 heteroatoms. The summed E-state index contributed by atoms with van der Waals surface area (Å²) >= 11 is 3.41. The molecule has 0 aromatic heterocycles. The summed E-state index contributed by atoms with van der Waals surface area (Å²) in [5, 5.41) is 0. The minimum atomic E-state index is -0.424. The number of para-hydroxylation sites is 1. The van der Waals surface area contributed by atoms with Gasteiger partial charge in [0.05, 0.1) is 4.47 Å². The second-order valence-corrected chi connectivity index (χ2v) is 5.08. The van der Waals surface area contributed by atoms with Crippen LogP contribution in [0.3, 0.4) is 0 Å². The third-order valence-corrected chi connectivity index (χ3v) is 3.56. The first-order valence-electron chi connectivity index (χ1n) is 5.88. The molecular weight excluding hydrogens is 282 g/mol. The molecule has 1 atom stereocenters. The van der Waals surface area contributed by atoms with E-state index >= 15 is 0 Å². The van der Waals surface area contributed by atoms with E-state index in [-0.39, 0.29) is 5.91 Å². The SMILES string of the molecule is C[C@@H](Oc1ccccc1Br)C(=O)N1CCCC1. The van der Waals surface area contributed by atoms with Crippen LogP contribution in [0.4, 0.5) is 0 Å². The van der Waals surface area contributed by atoms with Crippen LogP contribution in [0.25, 0.3) is 0 Å². The largest absolute Gasteiger partial charge is 0.480 e. The van der Waals surface area contributed by atoms with Crippen molar-refractivity contribution in [1.82, 2.24) is 4.90 Å². The third kappa shape index (κ3) is 3.00. The number of halogens is 1. The highest BCUT2D eigenvalue weighted by Crippen LogP contribution is 2.25. The van der Waals surface area contributed by atoms with Gasteiger partial charge >= 0.3 is 0 Å². The first kappa shape index (κ1) is 12.4. The number of likely N-dealkylation sites (tertiary alicyclic amines) is 1. The molecule has 3 nitrogen and oxygen atoms in total. The fourth-order valence-electron chi connectivity index (χ4n) is 1.98. The van der Waals surface area contributed by atoms with Crippen LogP contribution >= 0.6 is 15.9 Å². The van der Waals surface area contributed by atoms with Crippen LogP contribution in [-0.2, 0) is 4.79 Å². The van der Waals surface area contributed by atoms with Crippen molar-refractivity contribution in [2.75, 3.05) is 13.1 Å². The van der Waals surface area contributed by atoms with Crippen molar-refractivity contribution in [1.29, 1.82) is 0 Å². The Balaban J connectivity index is 1.99. The van der Waals surface area contributed by atoms with Crippen molar-refractivity contribution in [3.63, 3.8) is 0 Å². The van der Waals surface area contributed by atoms with E-state index in [1.807, 2.05) is 29.2 Å². The second-order valence-electron chi connectivity index (χ2n) is 4.22. The van der Waals surface area contributed by atoms with E-state index < -0.39 is 6.10 Å². The number of benzene rings is 1. The Kier molecular flexibility index (Phi) is 4.05. The van der Waals surface area contributed by atoms with Gasteiger partial charge in [-0.05, 0) is 47.8 Å². The minimum Gasteiger partial charge on any atom is -0.480 e. The van der Waals surface area contributed by atoms with E-state index in [2.05, 4.69) is 15.9 Å². The van der Waals surface area contributed by atoms with Crippen LogP contribution in [0.1, 0.15) is 19.8 Å². The van der Waals surface area contributed by atoms with Gasteiger partial charge < -0.3 is 9.64 Å². The molecular formula is C13H16BrNO2. The normalized spacial score (nSPS) is 16.9. The van der Waals surface area contributed by atoms with Gasteiger partial charge in [-0.2, -0.15) is 0 Å². The lowest BCUT2D eigenvalue weighted by Crippen LogP contribution is -2.38. The van der Waals surface area contributed by atoms with Gasteiger partial charge in [0, 0.05) is 13.1 Å². The average Bonchev–Trinajstić information content (AvgIpc) is 2.84. The number of hydrogen-bond donors (Lipinski definition) is 0. The maximum atomic E-state index is 12.0. The summed E-state index contributed by atoms with van der Waals surface area (Å²) in [5.41, 5.74) is 0. The Morgan fingerprint density at radius 2 is 2.00 bits per heavy atom. The van der Waals surface area contributed by atoms with Crippen LogP contribution in [-0.4, -0.2) is 30.0 Å². The van der Waals surface area contributed by atoms with Crippen LogP contribution < -0.4 is 4.74 Å².